The fraction of sp³-hybridized carbons (Fsp3) is 0.500. The molecule has 0 bridgehead atoms. The van der Waals surface area contributed by atoms with Gasteiger partial charge in [0.15, 0.2) is 17.5 Å². The average molecular weight is 545 g/mol. The lowest BCUT2D eigenvalue weighted by atomic mass is 9.84. The summed E-state index contributed by atoms with van der Waals surface area (Å²) in [4.78, 5) is 4.77. The molecule has 1 aromatic carbocycles. The molecule has 8 heteroatoms. The lowest BCUT2D eigenvalue weighted by Crippen LogP contribution is -2.45. The summed E-state index contributed by atoms with van der Waals surface area (Å²) >= 11 is 1.58. The van der Waals surface area contributed by atoms with E-state index >= 15 is 0 Å². The molecule has 2 heterocycles. The first-order chi connectivity index (χ1) is 13.8. The third-order valence-corrected chi connectivity index (χ3v) is 5.73. The normalized spacial score (nSPS) is 15.7. The van der Waals surface area contributed by atoms with E-state index in [1.54, 1.807) is 11.3 Å². The van der Waals surface area contributed by atoms with Crippen LogP contribution in [0.25, 0.3) is 0 Å². The van der Waals surface area contributed by atoms with E-state index < -0.39 is 5.60 Å². The Kier molecular flexibility index (Phi) is 8.81. The fourth-order valence-corrected chi connectivity index (χ4v) is 3.89. The molecule has 0 aliphatic carbocycles. The third-order valence-electron chi connectivity index (χ3n) is 5.04. The van der Waals surface area contributed by atoms with Gasteiger partial charge in [0, 0.05) is 12.0 Å². The first kappa shape index (κ1) is 24.7. The van der Waals surface area contributed by atoms with Gasteiger partial charge in [-0.2, -0.15) is 11.3 Å². The number of nitrogens with zero attached hydrogens (tertiary/aromatic N) is 1. The smallest absolute Gasteiger partial charge is 0.191 e. The van der Waals surface area contributed by atoms with Crippen LogP contribution in [0.15, 0.2) is 40.0 Å². The van der Waals surface area contributed by atoms with Crippen molar-refractivity contribution >= 4 is 41.3 Å². The molecule has 0 spiro atoms. The van der Waals surface area contributed by atoms with Gasteiger partial charge in [0.05, 0.1) is 13.1 Å². The first-order valence-corrected chi connectivity index (χ1v) is 10.9. The van der Waals surface area contributed by atoms with Crippen molar-refractivity contribution in [2.45, 2.75) is 38.7 Å². The maximum Gasteiger partial charge on any atom is 0.191 e. The van der Waals surface area contributed by atoms with Crippen LogP contribution in [-0.2, 0) is 11.0 Å². The highest BCUT2D eigenvalue weighted by Crippen LogP contribution is 2.35. The van der Waals surface area contributed by atoms with E-state index in [2.05, 4.69) is 30.5 Å². The van der Waals surface area contributed by atoms with Crippen molar-refractivity contribution in [3.63, 3.8) is 0 Å². The predicted molar refractivity (Wildman–Crippen MR) is 134 cm³/mol. The zero-order valence-corrected chi connectivity index (χ0v) is 21.2. The molecule has 0 radical (unpaired) electrons. The Morgan fingerprint density at radius 3 is 2.50 bits per heavy atom. The Balaban J connectivity index is 0.00000320. The van der Waals surface area contributed by atoms with Crippen molar-refractivity contribution in [1.29, 1.82) is 0 Å². The van der Waals surface area contributed by atoms with Gasteiger partial charge < -0.3 is 25.2 Å². The SMILES string of the molecule is CCNC(=NCC(C)(C)c1ccc2c(c1)OCCO2)NCC(C)(O)c1ccsc1.I. The van der Waals surface area contributed by atoms with Crippen LogP contribution in [0.2, 0.25) is 0 Å². The van der Waals surface area contributed by atoms with E-state index in [0.29, 0.717) is 32.3 Å². The van der Waals surface area contributed by atoms with Gasteiger partial charge in [-0.3, -0.25) is 4.99 Å². The number of aliphatic hydroxyl groups is 1. The largest absolute Gasteiger partial charge is 0.486 e. The molecule has 0 saturated heterocycles. The number of halogens is 1. The molecular weight excluding hydrogens is 513 g/mol. The summed E-state index contributed by atoms with van der Waals surface area (Å²) in [6, 6.07) is 8.04. The molecule has 0 amide bonds. The van der Waals surface area contributed by atoms with Crippen molar-refractivity contribution < 1.29 is 14.6 Å². The molecule has 6 nitrogen and oxygen atoms in total. The topological polar surface area (TPSA) is 75.1 Å². The Bertz CT molecular complexity index is 838. The number of rotatable bonds is 7. The molecule has 0 fully saturated rings. The lowest BCUT2D eigenvalue weighted by molar-refractivity contribution is 0.0621. The van der Waals surface area contributed by atoms with Gasteiger partial charge >= 0.3 is 0 Å². The summed E-state index contributed by atoms with van der Waals surface area (Å²) in [5, 5.41) is 21.2. The highest BCUT2D eigenvalue weighted by molar-refractivity contribution is 14.0. The molecule has 3 rings (SSSR count). The van der Waals surface area contributed by atoms with Crippen molar-refractivity contribution in [2.24, 2.45) is 4.99 Å². The molecule has 2 aromatic rings. The van der Waals surface area contributed by atoms with E-state index in [-0.39, 0.29) is 29.4 Å². The minimum atomic E-state index is -0.957. The van der Waals surface area contributed by atoms with Crippen LogP contribution in [0.1, 0.15) is 38.8 Å². The number of hydrogen-bond donors (Lipinski definition) is 3. The van der Waals surface area contributed by atoms with Crippen LogP contribution in [0.4, 0.5) is 0 Å². The second-order valence-electron chi connectivity index (χ2n) is 8.08. The number of guanidine groups is 1. The van der Waals surface area contributed by atoms with Crippen LogP contribution < -0.4 is 20.1 Å². The van der Waals surface area contributed by atoms with Gasteiger partial charge in [-0.05, 0) is 53.9 Å². The van der Waals surface area contributed by atoms with Crippen LogP contribution in [0, 0.1) is 0 Å². The van der Waals surface area contributed by atoms with E-state index in [1.807, 2.05) is 42.8 Å². The van der Waals surface area contributed by atoms with Crippen LogP contribution >= 0.6 is 35.3 Å². The highest BCUT2D eigenvalue weighted by atomic mass is 127. The maximum atomic E-state index is 10.7. The maximum absolute atomic E-state index is 10.7. The van der Waals surface area contributed by atoms with Gasteiger partial charge in [-0.15, -0.1) is 24.0 Å². The number of benzene rings is 1. The average Bonchev–Trinajstić information content (AvgIpc) is 3.26. The standard InChI is InChI=1S/C22H31N3O3S.HI/c1-5-23-20(25-15-22(4,26)17-8-11-29-13-17)24-14-21(2,3)16-6-7-18-19(12-16)28-10-9-27-18;/h6-8,11-13,26H,5,9-10,14-15H2,1-4H3,(H2,23,24,25);1H. The van der Waals surface area contributed by atoms with Gasteiger partial charge in [0.2, 0.25) is 0 Å². The summed E-state index contributed by atoms with van der Waals surface area (Å²) in [5.41, 5.74) is 0.907. The summed E-state index contributed by atoms with van der Waals surface area (Å²) in [7, 11) is 0. The molecule has 1 aliphatic rings. The van der Waals surface area contributed by atoms with Gasteiger partial charge in [0.25, 0.3) is 0 Å². The minimum Gasteiger partial charge on any atom is -0.486 e. The Morgan fingerprint density at radius 2 is 1.83 bits per heavy atom. The Hall–Kier alpha value is -1.52. The van der Waals surface area contributed by atoms with Crippen LogP contribution in [0.5, 0.6) is 11.5 Å². The third kappa shape index (κ3) is 6.24. The van der Waals surface area contributed by atoms with Crippen molar-refractivity contribution in [1.82, 2.24) is 10.6 Å². The lowest BCUT2D eigenvalue weighted by Gasteiger charge is -2.27. The second-order valence-corrected chi connectivity index (χ2v) is 8.86. The van der Waals surface area contributed by atoms with Crippen LogP contribution in [-0.4, -0.2) is 43.9 Å². The Morgan fingerprint density at radius 1 is 1.10 bits per heavy atom. The molecule has 1 aliphatic heterocycles. The van der Waals surface area contributed by atoms with Crippen molar-refractivity contribution in [3.05, 3.63) is 46.2 Å². The molecule has 1 unspecified atom stereocenters. The quantitative estimate of drug-likeness (QED) is 0.280. The van der Waals surface area contributed by atoms with Crippen molar-refractivity contribution in [3.8, 4) is 11.5 Å². The van der Waals surface area contributed by atoms with E-state index in [0.717, 1.165) is 29.2 Å². The molecule has 0 saturated carbocycles. The number of thiophene rings is 1. The number of nitrogens with one attached hydrogen (secondary N) is 2. The molecule has 1 aromatic heterocycles. The van der Waals surface area contributed by atoms with Gasteiger partial charge in [0.1, 0.15) is 18.8 Å². The molecule has 3 N–H and O–H groups in total. The number of aliphatic imine (C=N–C) groups is 1. The van der Waals surface area contributed by atoms with Gasteiger partial charge in [-0.25, -0.2) is 0 Å². The van der Waals surface area contributed by atoms with E-state index in [4.69, 9.17) is 14.5 Å². The summed E-state index contributed by atoms with van der Waals surface area (Å²) < 4.78 is 11.3. The second kappa shape index (κ2) is 10.7. The highest BCUT2D eigenvalue weighted by Gasteiger charge is 2.25. The summed E-state index contributed by atoms with van der Waals surface area (Å²) in [6.45, 7) is 11.0. The summed E-state index contributed by atoms with van der Waals surface area (Å²) in [6.07, 6.45) is 0. The molecule has 30 heavy (non-hydrogen) atoms. The van der Waals surface area contributed by atoms with E-state index in [9.17, 15) is 5.11 Å². The molecule has 1 atom stereocenters. The zero-order chi connectivity index (χ0) is 20.9. The fourth-order valence-electron chi connectivity index (χ4n) is 3.10. The number of fused-ring (bicyclic) bond motifs is 1. The zero-order valence-electron chi connectivity index (χ0n) is 18.0. The predicted octanol–water partition coefficient (Wildman–Crippen LogP) is 3.88. The number of ether oxygens (including phenoxy) is 2. The van der Waals surface area contributed by atoms with Crippen LogP contribution in [0.3, 0.4) is 0 Å². The Labute approximate surface area is 200 Å². The molecule has 166 valence electrons. The first-order valence-electron chi connectivity index (χ1n) is 9.99. The van der Waals surface area contributed by atoms with E-state index in [1.165, 1.54) is 0 Å². The number of hydrogen-bond acceptors (Lipinski definition) is 5. The van der Waals surface area contributed by atoms with Crippen molar-refractivity contribution in [2.75, 3.05) is 32.8 Å². The monoisotopic (exact) mass is 545 g/mol. The minimum absolute atomic E-state index is 0. The summed E-state index contributed by atoms with van der Waals surface area (Å²) in [5.74, 6) is 2.28. The molecular formula is C22H32IN3O3S. The van der Waals surface area contributed by atoms with Gasteiger partial charge in [-0.1, -0.05) is 19.9 Å².